The Balaban J connectivity index is 2.55. The number of hydrogen-bond acceptors (Lipinski definition) is 3. The van der Waals surface area contributed by atoms with Gasteiger partial charge in [-0.15, -0.1) is 0 Å². The molecule has 106 valence electrons. The maximum absolute atomic E-state index is 12.0. The van der Waals surface area contributed by atoms with Gasteiger partial charge in [-0.2, -0.15) is 0 Å². The lowest BCUT2D eigenvalue weighted by Crippen LogP contribution is -2.31. The molecule has 0 spiro atoms. The summed E-state index contributed by atoms with van der Waals surface area (Å²) in [6.07, 6.45) is 2.98. The molecule has 1 amide bonds. The second-order valence-corrected chi connectivity index (χ2v) is 6.62. The summed E-state index contributed by atoms with van der Waals surface area (Å²) in [4.78, 5) is 11.8. The zero-order valence-corrected chi connectivity index (χ0v) is 12.3. The molecule has 1 rings (SSSR count). The fourth-order valence-corrected chi connectivity index (χ4v) is 2.82. The number of amides is 1. The number of nitrogens with one attached hydrogen (secondary N) is 1. The molecule has 0 saturated heterocycles. The first kappa shape index (κ1) is 15.7. The Morgan fingerprint density at radius 1 is 1.16 bits per heavy atom. The average molecular weight is 283 g/mol. The minimum Gasteiger partial charge on any atom is -0.355 e. The van der Waals surface area contributed by atoms with E-state index in [1.165, 1.54) is 12.1 Å². The number of hydrogen-bond donors (Lipinski definition) is 1. The van der Waals surface area contributed by atoms with Crippen molar-refractivity contribution in [3.8, 4) is 0 Å². The molecule has 0 bridgehead atoms. The largest absolute Gasteiger partial charge is 0.355 e. The van der Waals surface area contributed by atoms with Gasteiger partial charge < -0.3 is 5.32 Å². The molecule has 0 fully saturated rings. The molecule has 0 atom stereocenters. The summed E-state index contributed by atoms with van der Waals surface area (Å²) in [6.45, 7) is 4.50. The lowest BCUT2D eigenvalue weighted by Gasteiger charge is -2.06. The van der Waals surface area contributed by atoms with E-state index in [-0.39, 0.29) is 4.90 Å². The number of benzene rings is 1. The maximum Gasteiger partial charge on any atom is 0.235 e. The molecule has 1 aromatic rings. The zero-order chi connectivity index (χ0) is 14.3. The summed E-state index contributed by atoms with van der Waals surface area (Å²) in [7, 11) is -3.53. The van der Waals surface area contributed by atoms with E-state index in [9.17, 15) is 13.2 Å². The Labute approximate surface area is 115 Å². The second kappa shape index (κ2) is 7.28. The maximum atomic E-state index is 12.0. The first-order valence-corrected chi connectivity index (χ1v) is 8.17. The van der Waals surface area contributed by atoms with E-state index in [4.69, 9.17) is 0 Å². The Hall–Kier alpha value is -1.36. The molecule has 1 aromatic carbocycles. The van der Waals surface area contributed by atoms with E-state index >= 15 is 0 Å². The van der Waals surface area contributed by atoms with Crippen molar-refractivity contribution in [2.45, 2.75) is 38.0 Å². The highest BCUT2D eigenvalue weighted by molar-refractivity contribution is 7.92. The third-order valence-electron chi connectivity index (χ3n) is 2.80. The van der Waals surface area contributed by atoms with E-state index in [0.717, 1.165) is 24.8 Å². The monoisotopic (exact) mass is 283 g/mol. The molecule has 0 aliphatic carbocycles. The lowest BCUT2D eigenvalue weighted by atomic mass is 10.2. The molecule has 19 heavy (non-hydrogen) atoms. The summed E-state index contributed by atoms with van der Waals surface area (Å²) in [5, 5.41) is 2.64. The van der Waals surface area contributed by atoms with Crippen molar-refractivity contribution in [3.63, 3.8) is 0 Å². The van der Waals surface area contributed by atoms with Crippen molar-refractivity contribution in [1.82, 2.24) is 5.32 Å². The van der Waals surface area contributed by atoms with Crippen molar-refractivity contribution < 1.29 is 13.2 Å². The molecule has 0 aliphatic rings. The van der Waals surface area contributed by atoms with Gasteiger partial charge in [0.05, 0.1) is 4.90 Å². The van der Waals surface area contributed by atoms with E-state index in [2.05, 4.69) is 12.2 Å². The van der Waals surface area contributed by atoms with Crippen LogP contribution in [-0.4, -0.2) is 26.6 Å². The van der Waals surface area contributed by atoms with Gasteiger partial charge in [0.2, 0.25) is 5.91 Å². The number of rotatable bonds is 7. The highest BCUT2D eigenvalue weighted by Crippen LogP contribution is 2.11. The Bertz CT molecular complexity index is 506. The van der Waals surface area contributed by atoms with Crippen molar-refractivity contribution in [3.05, 3.63) is 29.8 Å². The highest BCUT2D eigenvalue weighted by Gasteiger charge is 2.18. The number of sulfone groups is 1. The van der Waals surface area contributed by atoms with Crippen molar-refractivity contribution in [1.29, 1.82) is 0 Å². The smallest absolute Gasteiger partial charge is 0.235 e. The quantitative estimate of drug-likeness (QED) is 0.779. The molecule has 0 aliphatic heterocycles. The second-order valence-electron chi connectivity index (χ2n) is 4.63. The van der Waals surface area contributed by atoms with Gasteiger partial charge in [0.15, 0.2) is 9.84 Å². The molecule has 1 N–H and O–H groups in total. The van der Waals surface area contributed by atoms with E-state index in [1.807, 2.05) is 6.92 Å². The molecule has 0 aromatic heterocycles. The van der Waals surface area contributed by atoms with Crippen LogP contribution in [0.25, 0.3) is 0 Å². The molecule has 0 unspecified atom stereocenters. The van der Waals surface area contributed by atoms with Gasteiger partial charge in [-0.25, -0.2) is 8.42 Å². The van der Waals surface area contributed by atoms with Crippen molar-refractivity contribution >= 4 is 15.7 Å². The third kappa shape index (κ3) is 5.42. The van der Waals surface area contributed by atoms with Gasteiger partial charge in [0, 0.05) is 6.54 Å². The first-order valence-electron chi connectivity index (χ1n) is 6.52. The van der Waals surface area contributed by atoms with Gasteiger partial charge in [-0.05, 0) is 25.5 Å². The van der Waals surface area contributed by atoms with Crippen molar-refractivity contribution in [2.75, 3.05) is 12.3 Å². The van der Waals surface area contributed by atoms with Crippen LogP contribution in [0.5, 0.6) is 0 Å². The Morgan fingerprint density at radius 2 is 1.79 bits per heavy atom. The zero-order valence-electron chi connectivity index (χ0n) is 11.5. The van der Waals surface area contributed by atoms with Crippen molar-refractivity contribution in [2.24, 2.45) is 0 Å². The predicted molar refractivity (Wildman–Crippen MR) is 75.8 cm³/mol. The summed E-state index contributed by atoms with van der Waals surface area (Å²) < 4.78 is 24.0. The van der Waals surface area contributed by atoms with Crippen LogP contribution in [-0.2, 0) is 14.6 Å². The highest BCUT2D eigenvalue weighted by atomic mass is 32.2. The molecular formula is C14H21NO3S. The van der Waals surface area contributed by atoms with Crippen LogP contribution in [0.2, 0.25) is 0 Å². The first-order chi connectivity index (χ1) is 8.95. The van der Waals surface area contributed by atoms with E-state index in [1.54, 1.807) is 12.1 Å². The van der Waals surface area contributed by atoms with Gasteiger partial charge >= 0.3 is 0 Å². The molecule has 4 nitrogen and oxygen atoms in total. The van der Waals surface area contributed by atoms with Crippen LogP contribution in [0.1, 0.15) is 31.7 Å². The van der Waals surface area contributed by atoms with Gasteiger partial charge in [0.25, 0.3) is 0 Å². The van der Waals surface area contributed by atoms with Crippen LogP contribution in [0.4, 0.5) is 0 Å². The van der Waals surface area contributed by atoms with Crippen LogP contribution in [0.3, 0.4) is 0 Å². The molecule has 0 heterocycles. The van der Waals surface area contributed by atoms with Crippen LogP contribution >= 0.6 is 0 Å². The normalized spacial score (nSPS) is 11.3. The number of carbonyl (C=O) groups is 1. The van der Waals surface area contributed by atoms with Crippen LogP contribution in [0, 0.1) is 6.92 Å². The van der Waals surface area contributed by atoms with Gasteiger partial charge in [0.1, 0.15) is 5.75 Å². The average Bonchev–Trinajstić information content (AvgIpc) is 2.34. The summed E-state index contributed by atoms with van der Waals surface area (Å²) >= 11 is 0. The predicted octanol–water partition coefficient (Wildman–Crippen LogP) is 2.08. The van der Waals surface area contributed by atoms with E-state index in [0.29, 0.717) is 6.54 Å². The van der Waals surface area contributed by atoms with Gasteiger partial charge in [-0.1, -0.05) is 37.5 Å². The summed E-state index contributed by atoms with van der Waals surface area (Å²) in [5.41, 5.74) is 0.989. The molecule has 0 radical (unpaired) electrons. The lowest BCUT2D eigenvalue weighted by molar-refractivity contribution is -0.118. The number of unbranched alkanes of at least 4 members (excludes halogenated alkanes) is 2. The topological polar surface area (TPSA) is 63.2 Å². The minimum atomic E-state index is -3.53. The molecule has 0 saturated carbocycles. The standard InChI is InChI=1S/C14H21NO3S/c1-3-4-5-10-15-14(16)11-19(17,18)13-8-6-12(2)7-9-13/h6-9H,3-5,10-11H2,1-2H3,(H,15,16). The molecule has 5 heteroatoms. The fraction of sp³-hybridized carbons (Fsp3) is 0.500. The molecular weight excluding hydrogens is 262 g/mol. The Morgan fingerprint density at radius 3 is 2.37 bits per heavy atom. The van der Waals surface area contributed by atoms with Gasteiger partial charge in [-0.3, -0.25) is 4.79 Å². The third-order valence-corrected chi connectivity index (χ3v) is 4.44. The van der Waals surface area contributed by atoms with Crippen LogP contribution in [0.15, 0.2) is 29.2 Å². The number of aryl methyl sites for hydroxylation is 1. The number of carbonyl (C=O) groups excluding carboxylic acids is 1. The minimum absolute atomic E-state index is 0.196. The van der Waals surface area contributed by atoms with Crippen LogP contribution < -0.4 is 5.32 Å². The SMILES string of the molecule is CCCCCNC(=O)CS(=O)(=O)c1ccc(C)cc1. The fourth-order valence-electron chi connectivity index (χ4n) is 1.66. The summed E-state index contributed by atoms with van der Waals surface area (Å²) in [6, 6.07) is 6.53. The van der Waals surface area contributed by atoms with E-state index < -0.39 is 21.5 Å². The summed E-state index contributed by atoms with van der Waals surface area (Å²) in [5.74, 6) is -0.918. The Kier molecular flexibility index (Phi) is 6.02.